The zero-order valence-electron chi connectivity index (χ0n) is 13.1. The standard InChI is InChI=1S/C18H21NO3/c1-3-12-6-5-7-14-16(12)13-9-11-22-18(4-2,17(13)19-14)10-8-15(20)21/h5-7,9H,3-4,8,10-11H2,1-2H3,(H,20,21). The van der Waals surface area contributed by atoms with Crippen LogP contribution in [0, 0.1) is 0 Å². The molecule has 22 heavy (non-hydrogen) atoms. The fraction of sp³-hybridized carbons (Fsp3) is 0.444. The molecule has 1 N–H and O–H groups in total. The summed E-state index contributed by atoms with van der Waals surface area (Å²) in [5.41, 5.74) is 4.96. The molecule has 0 fully saturated rings. The zero-order chi connectivity index (χ0) is 15.7. The number of benzene rings is 1. The molecular formula is C18H21NO3. The number of aliphatic imine (C=N–C) groups is 1. The molecule has 0 bridgehead atoms. The van der Waals surface area contributed by atoms with Gasteiger partial charge in [-0.3, -0.25) is 4.79 Å². The van der Waals surface area contributed by atoms with Gasteiger partial charge in [0.1, 0.15) is 5.60 Å². The van der Waals surface area contributed by atoms with Crippen molar-refractivity contribution in [2.75, 3.05) is 6.61 Å². The number of hydrogen-bond acceptors (Lipinski definition) is 3. The van der Waals surface area contributed by atoms with Gasteiger partial charge in [-0.15, -0.1) is 0 Å². The number of nitrogens with zero attached hydrogens (tertiary/aromatic N) is 1. The van der Waals surface area contributed by atoms with E-state index in [1.807, 2.05) is 19.1 Å². The van der Waals surface area contributed by atoms with Gasteiger partial charge in [-0.1, -0.05) is 26.0 Å². The third kappa shape index (κ3) is 2.28. The summed E-state index contributed by atoms with van der Waals surface area (Å²) in [6.45, 7) is 4.70. The monoisotopic (exact) mass is 299 g/mol. The largest absolute Gasteiger partial charge is 0.481 e. The number of carboxylic acids is 1. The Morgan fingerprint density at radius 3 is 2.91 bits per heavy atom. The smallest absolute Gasteiger partial charge is 0.303 e. The molecule has 0 spiro atoms. The van der Waals surface area contributed by atoms with E-state index in [1.165, 1.54) is 11.1 Å². The highest BCUT2D eigenvalue weighted by Crippen LogP contribution is 2.45. The summed E-state index contributed by atoms with van der Waals surface area (Å²) in [7, 11) is 0. The summed E-state index contributed by atoms with van der Waals surface area (Å²) in [5, 5.41) is 9.04. The quantitative estimate of drug-likeness (QED) is 0.900. The maximum atomic E-state index is 11.0. The molecule has 4 heteroatoms. The molecule has 3 rings (SSSR count). The molecule has 0 aromatic heterocycles. The van der Waals surface area contributed by atoms with Gasteiger partial charge in [0.2, 0.25) is 0 Å². The van der Waals surface area contributed by atoms with E-state index in [0.29, 0.717) is 13.0 Å². The van der Waals surface area contributed by atoms with Crippen LogP contribution in [0.2, 0.25) is 0 Å². The molecule has 0 saturated carbocycles. The molecule has 2 heterocycles. The van der Waals surface area contributed by atoms with E-state index in [9.17, 15) is 4.79 Å². The highest BCUT2D eigenvalue weighted by atomic mass is 16.5. The number of carbonyl (C=O) groups is 1. The van der Waals surface area contributed by atoms with E-state index < -0.39 is 11.6 Å². The van der Waals surface area contributed by atoms with Gasteiger partial charge in [0.25, 0.3) is 0 Å². The Labute approximate surface area is 130 Å². The predicted octanol–water partition coefficient (Wildman–Crippen LogP) is 3.76. The molecule has 1 unspecified atom stereocenters. The summed E-state index contributed by atoms with van der Waals surface area (Å²) in [6.07, 6.45) is 4.32. The fourth-order valence-electron chi connectivity index (χ4n) is 3.43. The number of rotatable bonds is 5. The van der Waals surface area contributed by atoms with Crippen molar-refractivity contribution in [3.05, 3.63) is 35.4 Å². The van der Waals surface area contributed by atoms with Crippen LogP contribution in [0.25, 0.3) is 5.57 Å². The normalized spacial score (nSPS) is 22.6. The number of aliphatic carboxylic acids is 1. The molecule has 0 saturated heterocycles. The minimum absolute atomic E-state index is 0.0944. The van der Waals surface area contributed by atoms with E-state index in [1.54, 1.807) is 0 Å². The molecule has 4 nitrogen and oxygen atoms in total. The summed E-state index contributed by atoms with van der Waals surface area (Å²) < 4.78 is 6.01. The lowest BCUT2D eigenvalue weighted by molar-refractivity contribution is -0.138. The number of aryl methyl sites for hydroxylation is 1. The SMILES string of the molecule is CCc1cccc2c1C1=CCOC(CC)(CCC(=O)O)C1=N2. The summed E-state index contributed by atoms with van der Waals surface area (Å²) >= 11 is 0. The first-order chi connectivity index (χ1) is 10.6. The lowest BCUT2D eigenvalue weighted by Gasteiger charge is -2.36. The topological polar surface area (TPSA) is 58.9 Å². The van der Waals surface area contributed by atoms with Crippen molar-refractivity contribution >= 4 is 22.9 Å². The van der Waals surface area contributed by atoms with E-state index >= 15 is 0 Å². The van der Waals surface area contributed by atoms with E-state index in [2.05, 4.69) is 19.1 Å². The van der Waals surface area contributed by atoms with Crippen LogP contribution in [0.5, 0.6) is 0 Å². The molecule has 116 valence electrons. The molecule has 1 aromatic rings. The number of fused-ring (bicyclic) bond motifs is 3. The Hall–Kier alpha value is -1.94. The van der Waals surface area contributed by atoms with Gasteiger partial charge in [0.05, 0.1) is 18.0 Å². The van der Waals surface area contributed by atoms with Crippen molar-refractivity contribution in [3.8, 4) is 0 Å². The summed E-state index contributed by atoms with van der Waals surface area (Å²) in [6, 6.07) is 6.20. The van der Waals surface area contributed by atoms with Crippen LogP contribution in [0.4, 0.5) is 5.69 Å². The molecule has 0 aliphatic carbocycles. The Balaban J connectivity index is 2.04. The predicted molar refractivity (Wildman–Crippen MR) is 86.7 cm³/mol. The van der Waals surface area contributed by atoms with Crippen LogP contribution in [0.1, 0.15) is 44.2 Å². The van der Waals surface area contributed by atoms with Crippen LogP contribution in [-0.4, -0.2) is 29.0 Å². The van der Waals surface area contributed by atoms with Gasteiger partial charge >= 0.3 is 5.97 Å². The first kappa shape index (κ1) is 15.0. The average molecular weight is 299 g/mol. The van der Waals surface area contributed by atoms with Gasteiger partial charge in [-0.05, 0) is 37.0 Å². The van der Waals surface area contributed by atoms with Crippen molar-refractivity contribution in [2.24, 2.45) is 4.99 Å². The third-order valence-electron chi connectivity index (χ3n) is 4.66. The molecular weight excluding hydrogens is 278 g/mol. The Kier molecular flexibility index (Phi) is 3.87. The number of carboxylic acid groups (broad SMARTS) is 1. The molecule has 1 aromatic carbocycles. The molecule has 0 amide bonds. The second-order valence-corrected chi connectivity index (χ2v) is 5.80. The van der Waals surface area contributed by atoms with E-state index in [0.717, 1.165) is 29.8 Å². The van der Waals surface area contributed by atoms with Gasteiger partial charge < -0.3 is 9.84 Å². The number of hydrogen-bond donors (Lipinski definition) is 1. The Morgan fingerprint density at radius 1 is 1.41 bits per heavy atom. The molecule has 0 radical (unpaired) electrons. The van der Waals surface area contributed by atoms with Crippen molar-refractivity contribution in [3.63, 3.8) is 0 Å². The van der Waals surface area contributed by atoms with Gasteiger partial charge in [0.15, 0.2) is 0 Å². The van der Waals surface area contributed by atoms with Crippen LogP contribution in [-0.2, 0) is 16.0 Å². The highest BCUT2D eigenvalue weighted by molar-refractivity contribution is 6.33. The van der Waals surface area contributed by atoms with E-state index in [-0.39, 0.29) is 6.42 Å². The zero-order valence-corrected chi connectivity index (χ0v) is 13.1. The first-order valence-electron chi connectivity index (χ1n) is 7.89. The van der Waals surface area contributed by atoms with Gasteiger partial charge in [-0.25, -0.2) is 4.99 Å². The second-order valence-electron chi connectivity index (χ2n) is 5.80. The van der Waals surface area contributed by atoms with Crippen LogP contribution >= 0.6 is 0 Å². The van der Waals surface area contributed by atoms with E-state index in [4.69, 9.17) is 14.8 Å². The maximum Gasteiger partial charge on any atom is 0.303 e. The van der Waals surface area contributed by atoms with Gasteiger partial charge in [-0.2, -0.15) is 0 Å². The average Bonchev–Trinajstić information content (AvgIpc) is 2.92. The second kappa shape index (κ2) is 5.69. The summed E-state index contributed by atoms with van der Waals surface area (Å²) in [4.78, 5) is 15.8. The van der Waals surface area contributed by atoms with Crippen LogP contribution in [0.3, 0.4) is 0 Å². The molecule has 1 atom stereocenters. The Morgan fingerprint density at radius 2 is 2.23 bits per heavy atom. The van der Waals surface area contributed by atoms with Crippen molar-refractivity contribution < 1.29 is 14.6 Å². The highest BCUT2D eigenvalue weighted by Gasteiger charge is 2.43. The van der Waals surface area contributed by atoms with Crippen molar-refractivity contribution in [1.29, 1.82) is 0 Å². The molecule has 2 aliphatic rings. The van der Waals surface area contributed by atoms with Crippen molar-refractivity contribution in [2.45, 2.75) is 45.1 Å². The van der Waals surface area contributed by atoms with Crippen molar-refractivity contribution in [1.82, 2.24) is 0 Å². The Bertz CT molecular complexity index is 675. The fourth-order valence-corrected chi connectivity index (χ4v) is 3.43. The minimum Gasteiger partial charge on any atom is -0.481 e. The maximum absolute atomic E-state index is 11.0. The van der Waals surface area contributed by atoms with Crippen LogP contribution < -0.4 is 0 Å². The van der Waals surface area contributed by atoms with Gasteiger partial charge in [0, 0.05) is 17.6 Å². The summed E-state index contributed by atoms with van der Waals surface area (Å²) in [5.74, 6) is -0.794. The number of ether oxygens (including phenoxy) is 1. The van der Waals surface area contributed by atoms with Crippen LogP contribution in [0.15, 0.2) is 29.3 Å². The molecule has 2 aliphatic heterocycles. The third-order valence-corrected chi connectivity index (χ3v) is 4.66. The lowest BCUT2D eigenvalue weighted by atomic mass is 9.81. The first-order valence-corrected chi connectivity index (χ1v) is 7.89. The minimum atomic E-state index is -0.794. The lowest BCUT2D eigenvalue weighted by Crippen LogP contribution is -2.44.